The number of aliphatic hydroxyl groups is 1. The number of amides is 1. The van der Waals surface area contributed by atoms with E-state index < -0.39 is 5.60 Å². The topological polar surface area (TPSA) is 91.5 Å². The van der Waals surface area contributed by atoms with Crippen LogP contribution in [0.25, 0.3) is 0 Å². The van der Waals surface area contributed by atoms with Crippen molar-refractivity contribution >= 4 is 11.7 Å². The average Bonchev–Trinajstić information content (AvgIpc) is 2.66. The lowest BCUT2D eigenvalue weighted by molar-refractivity contribution is -0.156. The Kier molecular flexibility index (Phi) is 5.85. The highest BCUT2D eigenvalue weighted by molar-refractivity contribution is 5.86. The predicted molar refractivity (Wildman–Crippen MR) is 101 cm³/mol. The van der Waals surface area contributed by atoms with Crippen LogP contribution in [0.5, 0.6) is 0 Å². The second kappa shape index (κ2) is 8.29. The number of rotatable bonds is 7. The van der Waals surface area contributed by atoms with Crippen LogP contribution in [0, 0.1) is 0 Å². The van der Waals surface area contributed by atoms with Crippen LogP contribution in [0.2, 0.25) is 0 Å². The monoisotopic (exact) mass is 354 g/mol. The number of aromatic nitrogens is 1. The van der Waals surface area contributed by atoms with E-state index in [0.717, 1.165) is 18.4 Å². The fourth-order valence-corrected chi connectivity index (χ4v) is 3.36. The zero-order valence-corrected chi connectivity index (χ0v) is 14.9. The number of carbonyl (C=O) groups excluding carboxylic acids is 1. The Hall–Kier alpha value is -2.44. The molecule has 26 heavy (non-hydrogen) atoms. The number of piperidine rings is 1. The molecule has 0 saturated carbocycles. The normalized spacial score (nSPS) is 20.3. The van der Waals surface area contributed by atoms with Gasteiger partial charge in [-0.25, -0.2) is 4.98 Å². The van der Waals surface area contributed by atoms with E-state index in [1.54, 1.807) is 11.1 Å². The van der Waals surface area contributed by atoms with Crippen molar-refractivity contribution in [3.63, 3.8) is 0 Å². The van der Waals surface area contributed by atoms with Gasteiger partial charge in [0.15, 0.2) is 5.60 Å². The molecule has 1 aromatic heterocycles. The lowest BCUT2D eigenvalue weighted by atomic mass is 9.91. The van der Waals surface area contributed by atoms with E-state index in [-0.39, 0.29) is 12.5 Å². The van der Waals surface area contributed by atoms with E-state index in [1.165, 1.54) is 5.56 Å². The number of hydrogen-bond donors (Lipinski definition) is 3. The third-order valence-corrected chi connectivity index (χ3v) is 4.88. The highest BCUT2D eigenvalue weighted by Gasteiger charge is 2.41. The number of nitrogens with two attached hydrogens (primary N) is 1. The molecule has 6 heteroatoms. The molecule has 0 aliphatic carbocycles. The smallest absolute Gasteiger partial charge is 0.255 e. The summed E-state index contributed by atoms with van der Waals surface area (Å²) in [5, 5.41) is 14.0. The number of carbonyl (C=O) groups is 1. The van der Waals surface area contributed by atoms with Gasteiger partial charge in [-0.15, -0.1) is 0 Å². The van der Waals surface area contributed by atoms with Gasteiger partial charge in [-0.3, -0.25) is 4.79 Å². The minimum atomic E-state index is -1.36. The van der Waals surface area contributed by atoms with Crippen LogP contribution in [0.1, 0.15) is 24.0 Å². The van der Waals surface area contributed by atoms with Crippen LogP contribution in [0.4, 0.5) is 5.82 Å². The Balaban J connectivity index is 1.54. The molecular weight excluding hydrogens is 328 g/mol. The van der Waals surface area contributed by atoms with Crippen molar-refractivity contribution in [1.29, 1.82) is 0 Å². The third-order valence-electron chi connectivity index (χ3n) is 4.88. The molecule has 1 atom stereocenters. The third kappa shape index (κ3) is 4.39. The Labute approximate surface area is 154 Å². The van der Waals surface area contributed by atoms with Crippen LogP contribution < -0.4 is 11.1 Å². The SMILES string of the molecule is Nc1ncccc1CNCC1(O)CCCN(CCc2ccccc2)C1=O. The summed E-state index contributed by atoms with van der Waals surface area (Å²) >= 11 is 0. The molecule has 138 valence electrons. The maximum Gasteiger partial charge on any atom is 0.255 e. The van der Waals surface area contributed by atoms with Gasteiger partial charge in [0.05, 0.1) is 0 Å². The number of anilines is 1. The van der Waals surface area contributed by atoms with Crippen molar-refractivity contribution in [2.75, 3.05) is 25.4 Å². The quantitative estimate of drug-likeness (QED) is 0.698. The van der Waals surface area contributed by atoms with Crippen molar-refractivity contribution in [1.82, 2.24) is 15.2 Å². The van der Waals surface area contributed by atoms with E-state index in [9.17, 15) is 9.90 Å². The Morgan fingerprint density at radius 2 is 2.04 bits per heavy atom. The second-order valence-corrected chi connectivity index (χ2v) is 6.81. The highest BCUT2D eigenvalue weighted by Crippen LogP contribution is 2.23. The summed E-state index contributed by atoms with van der Waals surface area (Å²) in [6, 6.07) is 13.8. The predicted octanol–water partition coefficient (Wildman–Crippen LogP) is 1.35. The number of likely N-dealkylation sites (tertiary alicyclic amines) is 1. The van der Waals surface area contributed by atoms with Gasteiger partial charge in [0, 0.05) is 37.9 Å². The Morgan fingerprint density at radius 3 is 2.81 bits per heavy atom. The molecular formula is C20H26N4O2. The minimum Gasteiger partial charge on any atom is -0.383 e. The largest absolute Gasteiger partial charge is 0.383 e. The van der Waals surface area contributed by atoms with Gasteiger partial charge in [-0.2, -0.15) is 0 Å². The average molecular weight is 354 g/mol. The van der Waals surface area contributed by atoms with Gasteiger partial charge in [0.2, 0.25) is 0 Å². The van der Waals surface area contributed by atoms with E-state index >= 15 is 0 Å². The van der Waals surface area contributed by atoms with Crippen LogP contribution in [0.15, 0.2) is 48.7 Å². The molecule has 2 aromatic rings. The first kappa shape index (κ1) is 18.4. The fourth-order valence-electron chi connectivity index (χ4n) is 3.36. The highest BCUT2D eigenvalue weighted by atomic mass is 16.3. The number of benzene rings is 1. The maximum absolute atomic E-state index is 12.8. The van der Waals surface area contributed by atoms with E-state index in [0.29, 0.717) is 31.9 Å². The van der Waals surface area contributed by atoms with Crippen LogP contribution >= 0.6 is 0 Å². The molecule has 1 amide bonds. The molecule has 1 saturated heterocycles. The first-order chi connectivity index (χ1) is 12.6. The first-order valence-electron chi connectivity index (χ1n) is 9.04. The lowest BCUT2D eigenvalue weighted by Gasteiger charge is -2.38. The number of hydrogen-bond acceptors (Lipinski definition) is 5. The minimum absolute atomic E-state index is 0.189. The van der Waals surface area contributed by atoms with Gasteiger partial charge in [0.1, 0.15) is 5.82 Å². The van der Waals surface area contributed by atoms with Crippen LogP contribution in [-0.4, -0.2) is 46.1 Å². The molecule has 1 aliphatic heterocycles. The van der Waals surface area contributed by atoms with E-state index in [4.69, 9.17) is 5.73 Å². The van der Waals surface area contributed by atoms with E-state index in [1.807, 2.05) is 30.3 Å². The van der Waals surface area contributed by atoms with Crippen LogP contribution in [0.3, 0.4) is 0 Å². The summed E-state index contributed by atoms with van der Waals surface area (Å²) in [5.41, 5.74) is 6.53. The Morgan fingerprint density at radius 1 is 1.23 bits per heavy atom. The number of nitrogen functional groups attached to an aromatic ring is 1. The molecule has 4 N–H and O–H groups in total. The van der Waals surface area contributed by atoms with Gasteiger partial charge in [-0.05, 0) is 30.9 Å². The van der Waals surface area contributed by atoms with Gasteiger partial charge in [0.25, 0.3) is 5.91 Å². The molecule has 2 heterocycles. The summed E-state index contributed by atoms with van der Waals surface area (Å²) in [6.45, 7) is 2.01. The summed E-state index contributed by atoms with van der Waals surface area (Å²) in [4.78, 5) is 18.6. The van der Waals surface area contributed by atoms with Crippen molar-refractivity contribution in [2.24, 2.45) is 0 Å². The summed E-state index contributed by atoms with van der Waals surface area (Å²) < 4.78 is 0. The first-order valence-corrected chi connectivity index (χ1v) is 9.04. The lowest BCUT2D eigenvalue weighted by Crippen LogP contribution is -2.58. The molecule has 1 aliphatic rings. The second-order valence-electron chi connectivity index (χ2n) is 6.81. The Bertz CT molecular complexity index is 738. The zero-order valence-electron chi connectivity index (χ0n) is 14.9. The number of pyridine rings is 1. The molecule has 3 rings (SSSR count). The number of nitrogens with zero attached hydrogens (tertiary/aromatic N) is 2. The van der Waals surface area contributed by atoms with Gasteiger partial charge < -0.3 is 21.1 Å². The molecule has 0 radical (unpaired) electrons. The van der Waals surface area contributed by atoms with Crippen molar-refractivity contribution in [2.45, 2.75) is 31.4 Å². The molecule has 1 unspecified atom stereocenters. The van der Waals surface area contributed by atoms with Crippen molar-refractivity contribution < 1.29 is 9.90 Å². The summed E-state index contributed by atoms with van der Waals surface area (Å²) in [6.07, 6.45) is 3.71. The standard InChI is InChI=1S/C20H26N4O2/c21-18-17(8-4-11-23-18)14-22-15-20(26)10-5-12-24(19(20)25)13-9-16-6-2-1-3-7-16/h1-4,6-8,11,22,26H,5,9-10,12-15H2,(H2,21,23). The summed E-state index contributed by atoms with van der Waals surface area (Å²) in [5.74, 6) is 0.276. The van der Waals surface area contributed by atoms with Crippen LogP contribution in [-0.2, 0) is 17.8 Å². The molecule has 1 fully saturated rings. The molecule has 1 aromatic carbocycles. The van der Waals surface area contributed by atoms with Gasteiger partial charge in [-0.1, -0.05) is 36.4 Å². The molecule has 0 spiro atoms. The summed E-state index contributed by atoms with van der Waals surface area (Å²) in [7, 11) is 0. The van der Waals surface area contributed by atoms with Gasteiger partial charge >= 0.3 is 0 Å². The van der Waals surface area contributed by atoms with Crippen molar-refractivity contribution in [3.8, 4) is 0 Å². The van der Waals surface area contributed by atoms with E-state index in [2.05, 4.69) is 22.4 Å². The van der Waals surface area contributed by atoms with Crippen molar-refractivity contribution in [3.05, 3.63) is 59.8 Å². The maximum atomic E-state index is 12.8. The molecule has 6 nitrogen and oxygen atoms in total. The molecule has 0 bridgehead atoms. The number of nitrogens with one attached hydrogen (secondary N) is 1. The fraction of sp³-hybridized carbons (Fsp3) is 0.400. The zero-order chi connectivity index (χ0) is 18.4.